The number of nitro benzene ring substituents is 1. The van der Waals surface area contributed by atoms with Gasteiger partial charge in [0.2, 0.25) is 11.8 Å². The second-order valence-electron chi connectivity index (χ2n) is 8.55. The highest BCUT2D eigenvalue weighted by molar-refractivity contribution is 7.99. The zero-order valence-electron chi connectivity index (χ0n) is 19.2. The highest BCUT2D eigenvalue weighted by Gasteiger charge is 2.28. The molecule has 1 aliphatic rings. The summed E-state index contributed by atoms with van der Waals surface area (Å²) in [6.45, 7) is 1.68. The minimum absolute atomic E-state index is 0.00283. The number of non-ortho nitro benzene ring substituents is 1. The second kappa shape index (κ2) is 12.5. The van der Waals surface area contributed by atoms with E-state index in [4.69, 9.17) is 0 Å². The Labute approximate surface area is 203 Å². The lowest BCUT2D eigenvalue weighted by Gasteiger charge is -2.31. The van der Waals surface area contributed by atoms with Crippen molar-refractivity contribution in [3.8, 4) is 0 Å². The molecule has 2 aromatic carbocycles. The standard InChI is InChI=1S/C25H30FN3O4S/c1-18(25(31)27-21-8-3-2-4-9-21)28(15-20-7-5-6-10-23(20)26)24(30)17-34-16-19-11-13-22(14-12-19)29(32)33/h5-7,10-14,18,21H,2-4,8-9,15-17H2,1H3,(H,27,31)/t18-/m0/s1. The number of rotatable bonds is 10. The van der Waals surface area contributed by atoms with Gasteiger partial charge in [0.15, 0.2) is 0 Å². The monoisotopic (exact) mass is 487 g/mol. The fourth-order valence-electron chi connectivity index (χ4n) is 4.01. The van der Waals surface area contributed by atoms with Gasteiger partial charge in [-0.1, -0.05) is 49.6 Å². The zero-order valence-corrected chi connectivity index (χ0v) is 20.1. The molecule has 0 unspecified atom stereocenters. The molecule has 0 bridgehead atoms. The maximum Gasteiger partial charge on any atom is 0.269 e. The van der Waals surface area contributed by atoms with Gasteiger partial charge in [0.05, 0.1) is 10.7 Å². The van der Waals surface area contributed by atoms with Crippen LogP contribution in [-0.2, 0) is 21.9 Å². The molecular formula is C25H30FN3O4S. The average molecular weight is 488 g/mol. The topological polar surface area (TPSA) is 92.6 Å². The molecular weight excluding hydrogens is 457 g/mol. The lowest BCUT2D eigenvalue weighted by molar-refractivity contribution is -0.384. The van der Waals surface area contributed by atoms with E-state index in [1.807, 2.05) is 0 Å². The van der Waals surface area contributed by atoms with Gasteiger partial charge in [-0.2, -0.15) is 0 Å². The Hall–Kier alpha value is -2.94. The molecule has 0 saturated heterocycles. The maximum atomic E-state index is 14.3. The molecule has 9 heteroatoms. The molecule has 3 rings (SSSR count). The molecule has 1 aliphatic carbocycles. The van der Waals surface area contributed by atoms with Crippen LogP contribution in [0.2, 0.25) is 0 Å². The first-order chi connectivity index (χ1) is 16.3. The Morgan fingerprint density at radius 3 is 2.47 bits per heavy atom. The van der Waals surface area contributed by atoms with Gasteiger partial charge in [-0.05, 0) is 31.4 Å². The molecule has 182 valence electrons. The van der Waals surface area contributed by atoms with E-state index in [1.54, 1.807) is 37.3 Å². The Morgan fingerprint density at radius 1 is 1.15 bits per heavy atom. The van der Waals surface area contributed by atoms with Crippen molar-refractivity contribution in [3.05, 3.63) is 75.6 Å². The number of hydrogen-bond acceptors (Lipinski definition) is 5. The van der Waals surface area contributed by atoms with E-state index < -0.39 is 16.8 Å². The van der Waals surface area contributed by atoms with E-state index in [2.05, 4.69) is 5.32 Å². The number of hydrogen-bond donors (Lipinski definition) is 1. The molecule has 1 fully saturated rings. The van der Waals surface area contributed by atoms with E-state index in [0.717, 1.165) is 31.2 Å². The van der Waals surface area contributed by atoms with Crippen molar-refractivity contribution in [1.82, 2.24) is 10.2 Å². The molecule has 0 aliphatic heterocycles. The van der Waals surface area contributed by atoms with Gasteiger partial charge in [0.1, 0.15) is 11.9 Å². The van der Waals surface area contributed by atoms with Crippen molar-refractivity contribution in [1.29, 1.82) is 0 Å². The van der Waals surface area contributed by atoms with Crippen LogP contribution in [0.4, 0.5) is 10.1 Å². The molecule has 34 heavy (non-hydrogen) atoms. The van der Waals surface area contributed by atoms with Gasteiger partial charge in [0.25, 0.3) is 5.69 Å². The van der Waals surface area contributed by atoms with Crippen LogP contribution >= 0.6 is 11.8 Å². The lowest BCUT2D eigenvalue weighted by atomic mass is 9.95. The Morgan fingerprint density at radius 2 is 1.82 bits per heavy atom. The number of nitro groups is 1. The Bertz CT molecular complexity index is 996. The first-order valence-electron chi connectivity index (χ1n) is 11.5. The van der Waals surface area contributed by atoms with Gasteiger partial charge >= 0.3 is 0 Å². The predicted molar refractivity (Wildman–Crippen MR) is 131 cm³/mol. The first-order valence-corrected chi connectivity index (χ1v) is 12.6. The number of carbonyl (C=O) groups is 2. The second-order valence-corrected chi connectivity index (χ2v) is 9.53. The van der Waals surface area contributed by atoms with Crippen molar-refractivity contribution in [2.45, 2.75) is 63.4 Å². The van der Waals surface area contributed by atoms with Crippen LogP contribution in [0.5, 0.6) is 0 Å². The largest absolute Gasteiger partial charge is 0.352 e. The van der Waals surface area contributed by atoms with Crippen LogP contribution in [0.25, 0.3) is 0 Å². The lowest BCUT2D eigenvalue weighted by Crippen LogP contribution is -2.51. The van der Waals surface area contributed by atoms with Gasteiger partial charge < -0.3 is 10.2 Å². The highest BCUT2D eigenvalue weighted by atomic mass is 32.2. The van der Waals surface area contributed by atoms with Crippen molar-refractivity contribution >= 4 is 29.3 Å². The van der Waals surface area contributed by atoms with Crippen LogP contribution in [0.15, 0.2) is 48.5 Å². The molecule has 2 amide bonds. The van der Waals surface area contributed by atoms with Crippen molar-refractivity contribution in [3.63, 3.8) is 0 Å². The first kappa shape index (κ1) is 25.7. The van der Waals surface area contributed by atoms with Crippen LogP contribution in [0.1, 0.15) is 50.2 Å². The van der Waals surface area contributed by atoms with Crippen molar-refractivity contribution < 1.29 is 18.9 Å². The third-order valence-electron chi connectivity index (χ3n) is 6.06. The van der Waals surface area contributed by atoms with Gasteiger partial charge in [-0.3, -0.25) is 19.7 Å². The van der Waals surface area contributed by atoms with E-state index in [0.29, 0.717) is 11.3 Å². The van der Waals surface area contributed by atoms with Crippen LogP contribution in [-0.4, -0.2) is 39.5 Å². The quantitative estimate of drug-likeness (QED) is 0.383. The van der Waals surface area contributed by atoms with E-state index in [1.165, 1.54) is 41.3 Å². The number of amides is 2. The molecule has 1 saturated carbocycles. The third kappa shape index (κ3) is 7.28. The Balaban J connectivity index is 1.65. The molecule has 1 N–H and O–H groups in total. The van der Waals surface area contributed by atoms with Gasteiger partial charge in [0, 0.05) is 36.0 Å². The minimum atomic E-state index is -0.742. The molecule has 0 radical (unpaired) electrons. The van der Waals surface area contributed by atoms with Gasteiger partial charge in [-0.25, -0.2) is 4.39 Å². The average Bonchev–Trinajstić information content (AvgIpc) is 2.84. The van der Waals surface area contributed by atoms with Gasteiger partial charge in [-0.15, -0.1) is 11.8 Å². The number of halogens is 1. The number of carbonyl (C=O) groups excluding carboxylic acids is 2. The van der Waals surface area contributed by atoms with E-state index >= 15 is 0 Å². The summed E-state index contributed by atoms with van der Waals surface area (Å²) >= 11 is 1.35. The molecule has 0 spiro atoms. The number of thioether (sulfide) groups is 1. The van der Waals surface area contributed by atoms with E-state index in [9.17, 15) is 24.1 Å². The summed E-state index contributed by atoms with van der Waals surface area (Å²) in [5.41, 5.74) is 1.22. The molecule has 0 aromatic heterocycles. The van der Waals surface area contributed by atoms with Crippen LogP contribution in [0.3, 0.4) is 0 Å². The molecule has 0 heterocycles. The maximum absolute atomic E-state index is 14.3. The molecule has 2 aromatic rings. The van der Waals surface area contributed by atoms with Crippen molar-refractivity contribution in [2.75, 3.05) is 5.75 Å². The van der Waals surface area contributed by atoms with Crippen molar-refractivity contribution in [2.24, 2.45) is 0 Å². The third-order valence-corrected chi connectivity index (χ3v) is 7.05. The zero-order chi connectivity index (χ0) is 24.5. The number of nitrogens with zero attached hydrogens (tertiary/aromatic N) is 2. The summed E-state index contributed by atoms with van der Waals surface area (Å²) in [6.07, 6.45) is 5.20. The van der Waals surface area contributed by atoms with E-state index in [-0.39, 0.29) is 35.8 Å². The van der Waals surface area contributed by atoms with Crippen LogP contribution < -0.4 is 5.32 Å². The summed E-state index contributed by atoms with van der Waals surface area (Å²) in [4.78, 5) is 37.9. The smallest absolute Gasteiger partial charge is 0.269 e. The summed E-state index contributed by atoms with van der Waals surface area (Å²) < 4.78 is 14.3. The fraction of sp³-hybridized carbons (Fsp3) is 0.440. The Kier molecular flexibility index (Phi) is 9.44. The predicted octanol–water partition coefficient (Wildman–Crippen LogP) is 4.83. The summed E-state index contributed by atoms with van der Waals surface area (Å²) in [5.74, 6) is -0.316. The number of nitrogens with one attached hydrogen (secondary N) is 1. The SMILES string of the molecule is C[C@@H](C(=O)NC1CCCCC1)N(Cc1ccccc1F)C(=O)CSCc1ccc([N+](=O)[O-])cc1. The molecule has 7 nitrogen and oxygen atoms in total. The highest BCUT2D eigenvalue weighted by Crippen LogP contribution is 2.21. The number of benzene rings is 2. The molecule has 1 atom stereocenters. The summed E-state index contributed by atoms with van der Waals surface area (Å²) in [7, 11) is 0. The normalized spacial score (nSPS) is 14.9. The minimum Gasteiger partial charge on any atom is -0.352 e. The van der Waals surface area contributed by atoms with Crippen LogP contribution in [0, 0.1) is 15.9 Å². The summed E-state index contributed by atoms with van der Waals surface area (Å²) in [6, 6.07) is 11.8. The summed E-state index contributed by atoms with van der Waals surface area (Å²) in [5, 5.41) is 13.9. The fourth-order valence-corrected chi connectivity index (χ4v) is 4.89.